The van der Waals surface area contributed by atoms with Gasteiger partial charge >= 0.3 is 0 Å². The van der Waals surface area contributed by atoms with Crippen molar-refractivity contribution in [3.63, 3.8) is 0 Å². The molecule has 0 bridgehead atoms. The summed E-state index contributed by atoms with van der Waals surface area (Å²) in [4.78, 5) is 0. The van der Waals surface area contributed by atoms with Gasteiger partial charge in [-0.3, -0.25) is 0 Å². The Morgan fingerprint density at radius 2 is 2.08 bits per heavy atom. The predicted octanol–water partition coefficient (Wildman–Crippen LogP) is 4.17. The van der Waals surface area contributed by atoms with Crippen LogP contribution in [0.5, 0.6) is 0 Å². The topological polar surface area (TPSA) is 0 Å². The molecule has 1 aliphatic rings. The van der Waals surface area contributed by atoms with Crippen molar-refractivity contribution in [2.24, 2.45) is 11.8 Å². The third-order valence-corrected chi connectivity index (χ3v) is 3.08. The van der Waals surface area contributed by atoms with Crippen LogP contribution >= 0.6 is 0 Å². The summed E-state index contributed by atoms with van der Waals surface area (Å²) in [6.07, 6.45) is 5.42. The Hall–Kier alpha value is -0.260. The molecular formula is C12H22. The van der Waals surface area contributed by atoms with Crippen LogP contribution in [0.3, 0.4) is 0 Å². The molecule has 0 saturated carbocycles. The summed E-state index contributed by atoms with van der Waals surface area (Å²) in [5.41, 5.74) is 3.51. The third-order valence-electron chi connectivity index (χ3n) is 3.08. The van der Waals surface area contributed by atoms with Crippen LogP contribution in [-0.4, -0.2) is 0 Å². The van der Waals surface area contributed by atoms with Gasteiger partial charge in [0.2, 0.25) is 0 Å². The van der Waals surface area contributed by atoms with Gasteiger partial charge in [0.05, 0.1) is 0 Å². The molecule has 70 valence electrons. The minimum Gasteiger partial charge on any atom is -0.0708 e. The normalized spacial score (nSPS) is 25.2. The lowest BCUT2D eigenvalue weighted by molar-refractivity contribution is 0.464. The van der Waals surface area contributed by atoms with Gasteiger partial charge in [-0.15, -0.1) is 0 Å². The lowest BCUT2D eigenvalue weighted by Gasteiger charge is -2.26. The van der Waals surface area contributed by atoms with E-state index in [1.54, 1.807) is 11.1 Å². The zero-order valence-corrected chi connectivity index (χ0v) is 8.98. The largest absolute Gasteiger partial charge is 0.0708 e. The maximum atomic E-state index is 2.38. The van der Waals surface area contributed by atoms with Gasteiger partial charge in [-0.2, -0.15) is 0 Å². The van der Waals surface area contributed by atoms with Crippen LogP contribution in [0.15, 0.2) is 11.1 Å². The van der Waals surface area contributed by atoms with Crippen molar-refractivity contribution in [2.75, 3.05) is 0 Å². The highest BCUT2D eigenvalue weighted by atomic mass is 14.2. The summed E-state index contributed by atoms with van der Waals surface area (Å²) in [6, 6.07) is 0. The molecule has 0 unspecified atom stereocenters. The minimum absolute atomic E-state index is 0.785. The van der Waals surface area contributed by atoms with E-state index in [0.717, 1.165) is 11.8 Å². The van der Waals surface area contributed by atoms with Crippen LogP contribution in [0, 0.1) is 11.8 Å². The van der Waals surface area contributed by atoms with E-state index in [4.69, 9.17) is 0 Å². The summed E-state index contributed by atoms with van der Waals surface area (Å²) in [5.74, 6) is 1.72. The fraction of sp³-hybridized carbons (Fsp3) is 0.833. The lowest BCUT2D eigenvalue weighted by atomic mass is 9.80. The SMILES string of the molecule is CCC1=C(C(C)C)CC[C@@H](C)C1. The number of hydrogen-bond donors (Lipinski definition) is 0. The summed E-state index contributed by atoms with van der Waals surface area (Å²) >= 11 is 0. The van der Waals surface area contributed by atoms with E-state index >= 15 is 0 Å². The van der Waals surface area contributed by atoms with E-state index in [-0.39, 0.29) is 0 Å². The molecule has 0 aromatic heterocycles. The van der Waals surface area contributed by atoms with Gasteiger partial charge in [0, 0.05) is 0 Å². The Labute approximate surface area is 77.1 Å². The monoisotopic (exact) mass is 166 g/mol. The van der Waals surface area contributed by atoms with E-state index in [2.05, 4.69) is 27.7 Å². The molecule has 0 heteroatoms. The van der Waals surface area contributed by atoms with Crippen LogP contribution in [0.2, 0.25) is 0 Å². The van der Waals surface area contributed by atoms with Crippen molar-refractivity contribution in [1.29, 1.82) is 0 Å². The lowest BCUT2D eigenvalue weighted by Crippen LogP contribution is -2.10. The highest BCUT2D eigenvalue weighted by Crippen LogP contribution is 2.34. The van der Waals surface area contributed by atoms with Crippen molar-refractivity contribution in [3.05, 3.63) is 11.1 Å². The number of allylic oxidation sites excluding steroid dienone is 2. The van der Waals surface area contributed by atoms with Crippen LogP contribution in [-0.2, 0) is 0 Å². The van der Waals surface area contributed by atoms with E-state index in [1.165, 1.54) is 25.7 Å². The molecule has 1 rings (SSSR count). The molecule has 0 heterocycles. The zero-order valence-electron chi connectivity index (χ0n) is 8.98. The summed E-state index contributed by atoms with van der Waals surface area (Å²) < 4.78 is 0. The molecule has 0 saturated heterocycles. The standard InChI is InChI=1S/C12H22/c1-5-11-8-10(4)6-7-12(11)9(2)3/h9-10H,5-8H2,1-4H3/t10-/m1/s1. The molecular weight excluding hydrogens is 144 g/mol. The second-order valence-electron chi connectivity index (χ2n) is 4.49. The van der Waals surface area contributed by atoms with Gasteiger partial charge in [-0.25, -0.2) is 0 Å². The third kappa shape index (κ3) is 2.12. The first-order valence-electron chi connectivity index (χ1n) is 5.35. The molecule has 0 nitrogen and oxygen atoms in total. The Bertz CT molecular complexity index is 174. The molecule has 0 aromatic carbocycles. The van der Waals surface area contributed by atoms with Gasteiger partial charge in [0.1, 0.15) is 0 Å². The molecule has 0 N–H and O–H groups in total. The second kappa shape index (κ2) is 4.11. The van der Waals surface area contributed by atoms with Crippen molar-refractivity contribution in [2.45, 2.75) is 53.4 Å². The number of hydrogen-bond acceptors (Lipinski definition) is 0. The van der Waals surface area contributed by atoms with E-state index in [0.29, 0.717) is 0 Å². The molecule has 1 aliphatic carbocycles. The first-order chi connectivity index (χ1) is 5.65. The highest BCUT2D eigenvalue weighted by Gasteiger charge is 2.18. The Morgan fingerprint density at radius 3 is 2.58 bits per heavy atom. The molecule has 1 atom stereocenters. The summed E-state index contributed by atoms with van der Waals surface area (Å²) in [6.45, 7) is 9.35. The van der Waals surface area contributed by atoms with Crippen LogP contribution in [0.1, 0.15) is 53.4 Å². The molecule has 0 amide bonds. The van der Waals surface area contributed by atoms with Crippen molar-refractivity contribution < 1.29 is 0 Å². The molecule has 0 aromatic rings. The Kier molecular flexibility index (Phi) is 3.37. The molecule has 0 radical (unpaired) electrons. The van der Waals surface area contributed by atoms with Crippen molar-refractivity contribution in [3.8, 4) is 0 Å². The average molecular weight is 166 g/mol. The second-order valence-corrected chi connectivity index (χ2v) is 4.49. The maximum absolute atomic E-state index is 2.38. The summed E-state index contributed by atoms with van der Waals surface area (Å²) in [7, 11) is 0. The smallest absolute Gasteiger partial charge is 0.0257 e. The quantitative estimate of drug-likeness (QED) is 0.540. The Balaban J connectivity index is 2.76. The van der Waals surface area contributed by atoms with Gasteiger partial charge < -0.3 is 0 Å². The first kappa shape index (κ1) is 9.83. The maximum Gasteiger partial charge on any atom is -0.0257 e. The minimum atomic E-state index is 0.785. The van der Waals surface area contributed by atoms with E-state index < -0.39 is 0 Å². The van der Waals surface area contributed by atoms with Gasteiger partial charge in [-0.05, 0) is 37.5 Å². The van der Waals surface area contributed by atoms with Crippen molar-refractivity contribution in [1.82, 2.24) is 0 Å². The fourth-order valence-corrected chi connectivity index (χ4v) is 2.30. The van der Waals surface area contributed by atoms with E-state index in [1.807, 2.05) is 0 Å². The molecule has 12 heavy (non-hydrogen) atoms. The Morgan fingerprint density at radius 1 is 1.42 bits per heavy atom. The van der Waals surface area contributed by atoms with Gasteiger partial charge in [-0.1, -0.05) is 38.8 Å². The zero-order chi connectivity index (χ0) is 9.14. The van der Waals surface area contributed by atoms with Crippen LogP contribution < -0.4 is 0 Å². The van der Waals surface area contributed by atoms with E-state index in [9.17, 15) is 0 Å². The van der Waals surface area contributed by atoms with Gasteiger partial charge in [0.25, 0.3) is 0 Å². The predicted molar refractivity (Wildman–Crippen MR) is 55.2 cm³/mol. The number of rotatable bonds is 2. The van der Waals surface area contributed by atoms with Crippen LogP contribution in [0.4, 0.5) is 0 Å². The average Bonchev–Trinajstić information content (AvgIpc) is 2.03. The van der Waals surface area contributed by atoms with Gasteiger partial charge in [0.15, 0.2) is 0 Å². The first-order valence-corrected chi connectivity index (χ1v) is 5.35. The molecule has 0 fully saturated rings. The van der Waals surface area contributed by atoms with Crippen molar-refractivity contribution >= 4 is 0 Å². The summed E-state index contributed by atoms with van der Waals surface area (Å²) in [5, 5.41) is 0. The molecule has 0 aliphatic heterocycles. The van der Waals surface area contributed by atoms with Crippen LogP contribution in [0.25, 0.3) is 0 Å². The fourth-order valence-electron chi connectivity index (χ4n) is 2.30. The highest BCUT2D eigenvalue weighted by molar-refractivity contribution is 5.19. The molecule has 0 spiro atoms.